The molecule has 0 radical (unpaired) electrons. The van der Waals surface area contributed by atoms with Gasteiger partial charge in [-0.1, -0.05) is 36.4 Å². The van der Waals surface area contributed by atoms with Crippen molar-refractivity contribution < 1.29 is 9.59 Å². The van der Waals surface area contributed by atoms with Crippen molar-refractivity contribution in [1.82, 2.24) is 20.4 Å². The van der Waals surface area contributed by atoms with Crippen LogP contribution in [-0.4, -0.2) is 47.0 Å². The van der Waals surface area contributed by atoms with E-state index in [0.717, 1.165) is 22.2 Å². The Kier molecular flexibility index (Phi) is 5.42. The molecule has 3 aromatic rings. The van der Waals surface area contributed by atoms with Crippen LogP contribution < -0.4 is 5.32 Å². The average molecular weight is 388 g/mol. The number of aromatic amines is 1. The third-order valence-corrected chi connectivity index (χ3v) is 5.49. The van der Waals surface area contributed by atoms with Gasteiger partial charge in [-0.15, -0.1) is 0 Å². The standard InChI is InChI=1S/C23H24N4O2/c1-24-22(28)17-12-14-27(15-13-17)23(29)18-9-6-16(7-10-18)8-11-21-19-4-2-3-5-20(19)25-26-21/h2-11,17H,12-15H2,1H3,(H,24,28)(H,25,26)/b11-8+. The van der Waals surface area contributed by atoms with Crippen LogP contribution in [0.4, 0.5) is 0 Å². The number of likely N-dealkylation sites (tertiary alicyclic amines) is 1. The zero-order valence-electron chi connectivity index (χ0n) is 16.4. The number of amides is 2. The van der Waals surface area contributed by atoms with Crippen LogP contribution in [-0.2, 0) is 4.79 Å². The summed E-state index contributed by atoms with van der Waals surface area (Å²) in [5.74, 6) is 0.0989. The van der Waals surface area contributed by atoms with Crippen LogP contribution in [0.5, 0.6) is 0 Å². The second-order valence-electron chi connectivity index (χ2n) is 7.29. The predicted molar refractivity (Wildman–Crippen MR) is 114 cm³/mol. The molecule has 2 amide bonds. The number of fused-ring (bicyclic) bond motifs is 1. The molecule has 0 atom stereocenters. The van der Waals surface area contributed by atoms with E-state index in [9.17, 15) is 9.59 Å². The van der Waals surface area contributed by atoms with Gasteiger partial charge in [-0.2, -0.15) is 5.10 Å². The molecule has 6 heteroatoms. The fraction of sp³-hybridized carbons (Fsp3) is 0.261. The number of rotatable bonds is 4. The van der Waals surface area contributed by atoms with Gasteiger partial charge in [-0.05, 0) is 42.7 Å². The number of nitrogens with one attached hydrogen (secondary N) is 2. The van der Waals surface area contributed by atoms with Crippen molar-refractivity contribution in [3.8, 4) is 0 Å². The number of carbonyl (C=O) groups is 2. The van der Waals surface area contributed by atoms with Crippen molar-refractivity contribution in [2.45, 2.75) is 12.8 Å². The van der Waals surface area contributed by atoms with E-state index in [4.69, 9.17) is 0 Å². The van der Waals surface area contributed by atoms with Gasteiger partial charge in [-0.3, -0.25) is 14.7 Å². The van der Waals surface area contributed by atoms with Crippen LogP contribution in [0.2, 0.25) is 0 Å². The molecule has 2 aromatic carbocycles. The Bertz CT molecular complexity index is 1040. The van der Waals surface area contributed by atoms with Crippen LogP contribution in [0.25, 0.3) is 23.1 Å². The third kappa shape index (κ3) is 4.06. The first-order valence-electron chi connectivity index (χ1n) is 9.88. The molecule has 1 fully saturated rings. The lowest BCUT2D eigenvalue weighted by Gasteiger charge is -2.31. The van der Waals surface area contributed by atoms with Crippen LogP contribution in [0, 0.1) is 5.92 Å². The van der Waals surface area contributed by atoms with E-state index in [1.54, 1.807) is 7.05 Å². The van der Waals surface area contributed by atoms with E-state index < -0.39 is 0 Å². The van der Waals surface area contributed by atoms with E-state index in [2.05, 4.69) is 15.5 Å². The maximum atomic E-state index is 12.7. The number of para-hydroxylation sites is 1. The van der Waals surface area contributed by atoms with Crippen LogP contribution in [0.1, 0.15) is 34.5 Å². The molecule has 1 aliphatic heterocycles. The quantitative estimate of drug-likeness (QED) is 0.720. The maximum Gasteiger partial charge on any atom is 0.253 e. The zero-order valence-corrected chi connectivity index (χ0v) is 16.4. The summed E-state index contributed by atoms with van der Waals surface area (Å²) in [7, 11) is 1.66. The molecule has 0 bridgehead atoms. The van der Waals surface area contributed by atoms with Crippen molar-refractivity contribution in [3.63, 3.8) is 0 Å². The molecular weight excluding hydrogens is 364 g/mol. The second kappa shape index (κ2) is 8.31. The molecule has 2 heterocycles. The molecule has 1 saturated heterocycles. The fourth-order valence-corrected chi connectivity index (χ4v) is 3.76. The molecule has 1 aliphatic rings. The summed E-state index contributed by atoms with van der Waals surface area (Å²) < 4.78 is 0. The first-order valence-corrected chi connectivity index (χ1v) is 9.88. The minimum absolute atomic E-state index is 0.00897. The largest absolute Gasteiger partial charge is 0.359 e. The van der Waals surface area contributed by atoms with Gasteiger partial charge in [0.2, 0.25) is 5.91 Å². The van der Waals surface area contributed by atoms with Gasteiger partial charge in [0.25, 0.3) is 5.91 Å². The van der Waals surface area contributed by atoms with Gasteiger partial charge >= 0.3 is 0 Å². The molecule has 29 heavy (non-hydrogen) atoms. The highest BCUT2D eigenvalue weighted by Crippen LogP contribution is 2.20. The summed E-state index contributed by atoms with van der Waals surface area (Å²) in [5.41, 5.74) is 3.57. The van der Waals surface area contributed by atoms with Crippen molar-refractivity contribution in [2.75, 3.05) is 20.1 Å². The molecule has 0 spiro atoms. The lowest BCUT2D eigenvalue weighted by Crippen LogP contribution is -2.42. The molecule has 4 rings (SSSR count). The molecule has 148 valence electrons. The first kappa shape index (κ1) is 18.9. The Hall–Kier alpha value is -3.41. The van der Waals surface area contributed by atoms with Gasteiger partial charge in [0.15, 0.2) is 0 Å². The van der Waals surface area contributed by atoms with Gasteiger partial charge < -0.3 is 10.2 Å². The van der Waals surface area contributed by atoms with E-state index in [1.165, 1.54) is 0 Å². The zero-order chi connectivity index (χ0) is 20.2. The SMILES string of the molecule is CNC(=O)C1CCN(C(=O)c2ccc(/C=C/c3n[nH]c4ccccc34)cc2)CC1. The summed E-state index contributed by atoms with van der Waals surface area (Å²) in [6, 6.07) is 15.6. The van der Waals surface area contributed by atoms with Gasteiger partial charge in [0, 0.05) is 37.0 Å². The van der Waals surface area contributed by atoms with Crippen molar-refractivity contribution >= 4 is 34.9 Å². The third-order valence-electron chi connectivity index (χ3n) is 5.49. The first-order chi connectivity index (χ1) is 14.2. The number of benzene rings is 2. The molecule has 0 aliphatic carbocycles. The number of hydrogen-bond donors (Lipinski definition) is 2. The van der Waals surface area contributed by atoms with Crippen LogP contribution in [0.15, 0.2) is 48.5 Å². The average Bonchev–Trinajstić information content (AvgIpc) is 3.20. The van der Waals surface area contributed by atoms with E-state index in [-0.39, 0.29) is 17.7 Å². The fourth-order valence-electron chi connectivity index (χ4n) is 3.76. The highest BCUT2D eigenvalue weighted by Gasteiger charge is 2.27. The van der Waals surface area contributed by atoms with Crippen molar-refractivity contribution in [2.24, 2.45) is 5.92 Å². The van der Waals surface area contributed by atoms with Crippen LogP contribution >= 0.6 is 0 Å². The smallest absolute Gasteiger partial charge is 0.253 e. The highest BCUT2D eigenvalue weighted by atomic mass is 16.2. The Morgan fingerprint density at radius 3 is 2.52 bits per heavy atom. The van der Waals surface area contributed by atoms with E-state index >= 15 is 0 Å². The lowest BCUT2D eigenvalue weighted by atomic mass is 9.95. The number of aromatic nitrogens is 2. The van der Waals surface area contributed by atoms with Gasteiger partial charge in [0.05, 0.1) is 11.2 Å². The topological polar surface area (TPSA) is 78.1 Å². The Morgan fingerprint density at radius 1 is 1.07 bits per heavy atom. The minimum Gasteiger partial charge on any atom is -0.359 e. The molecule has 1 aromatic heterocycles. The Morgan fingerprint density at radius 2 is 1.79 bits per heavy atom. The Labute approximate surface area is 169 Å². The second-order valence-corrected chi connectivity index (χ2v) is 7.29. The molecule has 2 N–H and O–H groups in total. The van der Waals surface area contributed by atoms with Crippen molar-refractivity contribution in [3.05, 3.63) is 65.4 Å². The Balaban J connectivity index is 1.40. The van der Waals surface area contributed by atoms with E-state index in [0.29, 0.717) is 31.5 Å². The normalized spacial score (nSPS) is 15.1. The monoisotopic (exact) mass is 388 g/mol. The maximum absolute atomic E-state index is 12.7. The van der Waals surface area contributed by atoms with Gasteiger partial charge in [0.1, 0.15) is 0 Å². The van der Waals surface area contributed by atoms with E-state index in [1.807, 2.05) is 65.6 Å². The predicted octanol–water partition coefficient (Wildman–Crippen LogP) is 3.33. The lowest BCUT2D eigenvalue weighted by molar-refractivity contribution is -0.125. The summed E-state index contributed by atoms with van der Waals surface area (Å²) in [6.07, 6.45) is 5.39. The minimum atomic E-state index is 0.00897. The number of piperidine rings is 1. The van der Waals surface area contributed by atoms with Gasteiger partial charge in [-0.25, -0.2) is 0 Å². The summed E-state index contributed by atoms with van der Waals surface area (Å²) in [4.78, 5) is 26.3. The van der Waals surface area contributed by atoms with Crippen molar-refractivity contribution in [1.29, 1.82) is 0 Å². The summed E-state index contributed by atoms with van der Waals surface area (Å²) in [5, 5.41) is 11.1. The molecule has 6 nitrogen and oxygen atoms in total. The molecule has 0 saturated carbocycles. The summed E-state index contributed by atoms with van der Waals surface area (Å²) in [6.45, 7) is 1.23. The molecule has 0 unspecified atom stereocenters. The number of carbonyl (C=O) groups excluding carboxylic acids is 2. The van der Waals surface area contributed by atoms with Crippen LogP contribution in [0.3, 0.4) is 0 Å². The number of hydrogen-bond acceptors (Lipinski definition) is 3. The number of nitrogens with zero attached hydrogens (tertiary/aromatic N) is 2. The molecular formula is C23H24N4O2. The highest BCUT2D eigenvalue weighted by molar-refractivity contribution is 5.95. The summed E-state index contributed by atoms with van der Waals surface area (Å²) >= 11 is 0. The number of H-pyrrole nitrogens is 1.